The monoisotopic (exact) mass is 293 g/mol. The van der Waals surface area contributed by atoms with E-state index in [1.54, 1.807) is 0 Å². The van der Waals surface area contributed by atoms with Gasteiger partial charge >= 0.3 is 5.97 Å². The molecule has 0 radical (unpaired) electrons. The first-order valence-corrected chi connectivity index (χ1v) is 8.15. The molecule has 1 aliphatic heterocycles. The van der Waals surface area contributed by atoms with E-state index in [0.29, 0.717) is 11.3 Å². The molecule has 0 aliphatic carbocycles. The molecule has 20 heavy (non-hydrogen) atoms. The highest BCUT2D eigenvalue weighted by atomic mass is 32.2. The third-order valence-corrected chi connectivity index (χ3v) is 4.76. The van der Waals surface area contributed by atoms with Gasteiger partial charge in [-0.25, -0.2) is 0 Å². The van der Waals surface area contributed by atoms with Crippen molar-refractivity contribution in [2.45, 2.75) is 37.4 Å². The van der Waals surface area contributed by atoms with Crippen LogP contribution in [0.2, 0.25) is 0 Å². The number of rotatable bonds is 7. The molecule has 1 aromatic rings. The van der Waals surface area contributed by atoms with Crippen LogP contribution in [0.25, 0.3) is 0 Å². The summed E-state index contributed by atoms with van der Waals surface area (Å²) in [7, 11) is 1.48. The van der Waals surface area contributed by atoms with Crippen LogP contribution < -0.4 is 0 Å². The molecule has 2 rings (SSSR count). The largest absolute Gasteiger partial charge is 0.468 e. The lowest BCUT2D eigenvalue weighted by Crippen LogP contribution is -2.32. The number of benzene rings is 1. The minimum absolute atomic E-state index is 0.0757. The molecule has 0 bridgehead atoms. The summed E-state index contributed by atoms with van der Waals surface area (Å²) in [5.41, 5.74) is 1.34. The fourth-order valence-electron chi connectivity index (χ4n) is 2.33. The Kier molecular flexibility index (Phi) is 5.49. The molecule has 0 N–H and O–H groups in total. The van der Waals surface area contributed by atoms with E-state index in [-0.39, 0.29) is 12.0 Å². The van der Waals surface area contributed by atoms with Gasteiger partial charge in [-0.15, -0.1) is 11.8 Å². The molecule has 110 valence electrons. The van der Waals surface area contributed by atoms with Gasteiger partial charge < -0.3 is 4.74 Å². The van der Waals surface area contributed by atoms with Gasteiger partial charge in [-0.05, 0) is 17.9 Å². The number of ether oxygens (including phenoxy) is 1. The second kappa shape index (κ2) is 7.14. The summed E-state index contributed by atoms with van der Waals surface area (Å²) in [5.74, 6) is 1.40. The van der Waals surface area contributed by atoms with E-state index in [1.807, 2.05) is 17.8 Å². The smallest absolute Gasteiger partial charge is 0.323 e. The van der Waals surface area contributed by atoms with Crippen LogP contribution >= 0.6 is 11.8 Å². The summed E-state index contributed by atoms with van der Waals surface area (Å²) < 4.78 is 4.94. The quantitative estimate of drug-likeness (QED) is 0.570. The predicted molar refractivity (Wildman–Crippen MR) is 83.5 cm³/mol. The highest BCUT2D eigenvalue weighted by molar-refractivity contribution is 7.99. The van der Waals surface area contributed by atoms with Crippen molar-refractivity contribution in [3.8, 4) is 0 Å². The third-order valence-electron chi connectivity index (χ3n) is 3.46. The predicted octanol–water partition coefficient (Wildman–Crippen LogP) is 3.15. The number of hydrogen-bond donors (Lipinski definition) is 0. The van der Waals surface area contributed by atoms with Gasteiger partial charge in [-0.3, -0.25) is 9.69 Å². The van der Waals surface area contributed by atoms with E-state index in [4.69, 9.17) is 4.74 Å². The molecule has 0 saturated carbocycles. The fourth-order valence-corrected chi connectivity index (χ4v) is 3.52. The first-order chi connectivity index (χ1) is 9.61. The molecule has 2 unspecified atom stereocenters. The maximum atomic E-state index is 11.9. The highest BCUT2D eigenvalue weighted by Gasteiger charge is 2.43. The van der Waals surface area contributed by atoms with E-state index in [0.717, 1.165) is 18.7 Å². The number of thioether (sulfide) groups is 1. The van der Waals surface area contributed by atoms with Crippen molar-refractivity contribution in [2.24, 2.45) is 5.92 Å². The SMILES string of the molecule is COC(=O)C(CC(C)C)N1C[C@@H]1SCc1ccccc1. The van der Waals surface area contributed by atoms with Crippen LogP contribution in [0.15, 0.2) is 30.3 Å². The van der Waals surface area contributed by atoms with Gasteiger partial charge in [0.2, 0.25) is 0 Å². The number of esters is 1. The molecule has 1 saturated heterocycles. The van der Waals surface area contributed by atoms with Crippen molar-refractivity contribution >= 4 is 17.7 Å². The zero-order chi connectivity index (χ0) is 14.5. The van der Waals surface area contributed by atoms with Gasteiger partial charge in [0.1, 0.15) is 6.04 Å². The Morgan fingerprint density at radius 1 is 1.40 bits per heavy atom. The topological polar surface area (TPSA) is 29.3 Å². The summed E-state index contributed by atoms with van der Waals surface area (Å²) in [5, 5.41) is 0.457. The number of hydrogen-bond acceptors (Lipinski definition) is 4. The molecular formula is C16H23NO2S. The van der Waals surface area contributed by atoms with Gasteiger partial charge in [-0.2, -0.15) is 0 Å². The maximum absolute atomic E-state index is 11.9. The van der Waals surface area contributed by atoms with Crippen molar-refractivity contribution < 1.29 is 9.53 Å². The first kappa shape index (κ1) is 15.4. The van der Waals surface area contributed by atoms with Crippen molar-refractivity contribution in [1.29, 1.82) is 0 Å². The Hall–Kier alpha value is -1.00. The molecule has 1 fully saturated rings. The molecule has 0 spiro atoms. The molecule has 1 aliphatic rings. The molecule has 1 aromatic carbocycles. The highest BCUT2D eigenvalue weighted by Crippen LogP contribution is 2.35. The minimum Gasteiger partial charge on any atom is -0.468 e. The Labute approximate surface area is 125 Å². The summed E-state index contributed by atoms with van der Waals surface area (Å²) in [6, 6.07) is 10.4. The van der Waals surface area contributed by atoms with Gasteiger partial charge in [0.15, 0.2) is 0 Å². The summed E-state index contributed by atoms with van der Waals surface area (Å²) in [6.45, 7) is 5.28. The molecule has 3 nitrogen and oxygen atoms in total. The second-order valence-electron chi connectivity index (χ2n) is 5.62. The maximum Gasteiger partial charge on any atom is 0.323 e. The second-order valence-corrected chi connectivity index (χ2v) is 6.78. The standard InChI is InChI=1S/C16H23NO2S/c1-12(2)9-14(16(18)19-3)17-10-15(17)20-11-13-7-5-4-6-8-13/h4-8,12,14-15H,9-11H2,1-3H3/t14?,15-,17?/m0/s1. The first-order valence-electron chi connectivity index (χ1n) is 7.11. The lowest BCUT2D eigenvalue weighted by molar-refractivity contribution is -0.145. The molecular weight excluding hydrogens is 270 g/mol. The van der Waals surface area contributed by atoms with Crippen molar-refractivity contribution in [1.82, 2.24) is 4.90 Å². The molecule has 0 amide bonds. The van der Waals surface area contributed by atoms with Crippen molar-refractivity contribution in [3.63, 3.8) is 0 Å². The van der Waals surface area contributed by atoms with Crippen molar-refractivity contribution in [2.75, 3.05) is 13.7 Å². The minimum atomic E-state index is -0.0958. The van der Waals surface area contributed by atoms with Crippen molar-refractivity contribution in [3.05, 3.63) is 35.9 Å². The number of methoxy groups -OCH3 is 1. The Balaban J connectivity index is 1.83. The normalized spacial score (nSPS) is 22.6. The number of carbonyl (C=O) groups is 1. The number of carbonyl (C=O) groups excluding carboxylic acids is 1. The lowest BCUT2D eigenvalue weighted by Gasteiger charge is -2.18. The van der Waals surface area contributed by atoms with Gasteiger partial charge in [0, 0.05) is 12.3 Å². The van der Waals surface area contributed by atoms with Crippen LogP contribution in [-0.4, -0.2) is 35.9 Å². The molecule has 3 atom stereocenters. The summed E-state index contributed by atoms with van der Waals surface area (Å²) >= 11 is 1.91. The zero-order valence-electron chi connectivity index (χ0n) is 12.4. The Bertz CT molecular complexity index is 435. The van der Waals surface area contributed by atoms with Crippen LogP contribution in [0.5, 0.6) is 0 Å². The van der Waals surface area contributed by atoms with Crippen LogP contribution in [-0.2, 0) is 15.3 Å². The zero-order valence-corrected chi connectivity index (χ0v) is 13.2. The lowest BCUT2D eigenvalue weighted by atomic mass is 10.0. The van der Waals surface area contributed by atoms with E-state index < -0.39 is 0 Å². The van der Waals surface area contributed by atoms with Crippen LogP contribution in [0.1, 0.15) is 25.8 Å². The van der Waals surface area contributed by atoms with E-state index >= 15 is 0 Å². The van der Waals surface area contributed by atoms with Gasteiger partial charge in [0.25, 0.3) is 0 Å². The number of nitrogens with zero attached hydrogens (tertiary/aromatic N) is 1. The average molecular weight is 293 g/mol. The van der Waals surface area contributed by atoms with E-state index in [2.05, 4.69) is 43.0 Å². The van der Waals surface area contributed by atoms with E-state index in [9.17, 15) is 4.79 Å². The van der Waals surface area contributed by atoms with E-state index in [1.165, 1.54) is 12.7 Å². The third kappa shape index (κ3) is 4.25. The Morgan fingerprint density at radius 2 is 2.10 bits per heavy atom. The van der Waals surface area contributed by atoms with Crippen LogP contribution in [0, 0.1) is 5.92 Å². The van der Waals surface area contributed by atoms with Crippen LogP contribution in [0.3, 0.4) is 0 Å². The molecule has 4 heteroatoms. The molecule has 0 aromatic heterocycles. The summed E-state index contributed by atoms with van der Waals surface area (Å²) in [6.07, 6.45) is 0.870. The molecule has 1 heterocycles. The van der Waals surface area contributed by atoms with Gasteiger partial charge in [0.05, 0.1) is 12.5 Å². The fraction of sp³-hybridized carbons (Fsp3) is 0.562. The summed E-state index contributed by atoms with van der Waals surface area (Å²) in [4.78, 5) is 14.1. The Morgan fingerprint density at radius 3 is 2.70 bits per heavy atom. The van der Waals surface area contributed by atoms with Crippen LogP contribution in [0.4, 0.5) is 0 Å². The average Bonchev–Trinajstić information content (AvgIpc) is 3.22. The van der Waals surface area contributed by atoms with Gasteiger partial charge in [-0.1, -0.05) is 44.2 Å².